The summed E-state index contributed by atoms with van der Waals surface area (Å²) in [5.41, 5.74) is 0. The number of carboxylic acids is 1. The van der Waals surface area contributed by atoms with E-state index in [0.717, 1.165) is 37.4 Å². The van der Waals surface area contributed by atoms with Crippen LogP contribution in [0.25, 0.3) is 0 Å². The second-order valence-electron chi connectivity index (χ2n) is 6.00. The Bertz CT molecular complexity index is 497. The highest BCUT2D eigenvalue weighted by Gasteiger charge is 2.31. The molecule has 0 bridgehead atoms. The number of aliphatic carboxylic acids is 1. The minimum atomic E-state index is -0.819. The molecule has 0 radical (unpaired) electrons. The molecule has 0 atom stereocenters. The van der Waals surface area contributed by atoms with Crippen molar-refractivity contribution >= 4 is 23.7 Å². The molecule has 0 aromatic carbocycles. The van der Waals surface area contributed by atoms with E-state index in [4.69, 9.17) is 5.11 Å². The number of rotatable bonds is 9. The van der Waals surface area contributed by atoms with Crippen LogP contribution < -0.4 is 4.90 Å². The monoisotopic (exact) mass is 310 g/mol. The van der Waals surface area contributed by atoms with Gasteiger partial charge in [0.05, 0.1) is 5.75 Å². The smallest absolute Gasteiger partial charge is 0.313 e. The average molecular weight is 310 g/mol. The van der Waals surface area contributed by atoms with Crippen molar-refractivity contribution in [3.63, 3.8) is 0 Å². The Labute approximate surface area is 128 Å². The van der Waals surface area contributed by atoms with Crippen LogP contribution in [0.3, 0.4) is 0 Å². The minimum Gasteiger partial charge on any atom is -0.481 e. The van der Waals surface area contributed by atoms with E-state index in [9.17, 15) is 4.79 Å². The molecule has 6 nitrogen and oxygen atoms in total. The molecule has 0 aliphatic heterocycles. The molecule has 2 aliphatic rings. The van der Waals surface area contributed by atoms with Crippen molar-refractivity contribution in [2.75, 3.05) is 23.7 Å². The summed E-state index contributed by atoms with van der Waals surface area (Å²) >= 11 is 1.25. The average Bonchev–Trinajstić information content (AvgIpc) is 3.37. The van der Waals surface area contributed by atoms with Gasteiger partial charge >= 0.3 is 5.97 Å². The molecule has 0 spiro atoms. The zero-order valence-electron chi connectivity index (χ0n) is 12.4. The summed E-state index contributed by atoms with van der Waals surface area (Å²) in [7, 11) is 0. The molecule has 0 unspecified atom stereocenters. The predicted octanol–water partition coefficient (Wildman–Crippen LogP) is 2.10. The van der Waals surface area contributed by atoms with Crippen molar-refractivity contribution in [2.24, 2.45) is 11.8 Å². The predicted molar refractivity (Wildman–Crippen MR) is 81.7 cm³/mol. The lowest BCUT2D eigenvalue weighted by Gasteiger charge is -2.23. The first-order valence-electron chi connectivity index (χ1n) is 7.70. The van der Waals surface area contributed by atoms with Crippen LogP contribution in [-0.2, 0) is 11.3 Å². The molecule has 1 aromatic rings. The first kappa shape index (κ1) is 14.7. The van der Waals surface area contributed by atoms with Gasteiger partial charge < -0.3 is 10.0 Å². The highest BCUT2D eigenvalue weighted by Crippen LogP contribution is 2.35. The Morgan fingerprint density at radius 3 is 2.38 bits per heavy atom. The van der Waals surface area contributed by atoms with E-state index in [1.807, 2.05) is 0 Å². The largest absolute Gasteiger partial charge is 0.481 e. The van der Waals surface area contributed by atoms with Gasteiger partial charge in [0.1, 0.15) is 0 Å². The van der Waals surface area contributed by atoms with E-state index in [1.54, 1.807) is 0 Å². The lowest BCUT2D eigenvalue weighted by atomic mass is 10.3. The highest BCUT2D eigenvalue weighted by molar-refractivity contribution is 7.99. The third-order valence-corrected chi connectivity index (χ3v) is 4.92. The number of carboxylic acid groups (broad SMARTS) is 1. The number of thioether (sulfide) groups is 1. The molecule has 116 valence electrons. The fourth-order valence-corrected chi connectivity index (χ4v) is 3.20. The molecular weight excluding hydrogens is 288 g/mol. The molecule has 3 rings (SSSR count). The van der Waals surface area contributed by atoms with E-state index in [2.05, 4.69) is 26.6 Å². The molecular formula is C14H22N4O2S. The van der Waals surface area contributed by atoms with E-state index >= 15 is 0 Å². The van der Waals surface area contributed by atoms with Gasteiger partial charge in [-0.1, -0.05) is 11.8 Å². The van der Waals surface area contributed by atoms with Crippen molar-refractivity contribution in [3.8, 4) is 0 Å². The molecule has 1 N–H and O–H groups in total. The van der Waals surface area contributed by atoms with E-state index in [0.29, 0.717) is 5.16 Å². The second-order valence-corrected chi connectivity index (χ2v) is 6.94. The number of hydrogen-bond donors (Lipinski definition) is 1. The van der Waals surface area contributed by atoms with Crippen LogP contribution in [0, 0.1) is 11.8 Å². The molecule has 7 heteroatoms. The maximum Gasteiger partial charge on any atom is 0.313 e. The topological polar surface area (TPSA) is 71.2 Å². The second kappa shape index (κ2) is 6.25. The van der Waals surface area contributed by atoms with Crippen LogP contribution >= 0.6 is 11.8 Å². The van der Waals surface area contributed by atoms with Gasteiger partial charge in [0.25, 0.3) is 0 Å². The Hall–Kier alpha value is -1.24. The zero-order valence-corrected chi connectivity index (χ0v) is 13.2. The summed E-state index contributed by atoms with van der Waals surface area (Å²) in [5.74, 6) is 1.74. The van der Waals surface area contributed by atoms with Crippen molar-refractivity contribution < 1.29 is 9.90 Å². The zero-order chi connectivity index (χ0) is 14.8. The van der Waals surface area contributed by atoms with E-state index < -0.39 is 5.97 Å². The quantitative estimate of drug-likeness (QED) is 0.704. The Kier molecular flexibility index (Phi) is 4.37. The lowest BCUT2D eigenvalue weighted by Crippen LogP contribution is -2.31. The fourth-order valence-electron chi connectivity index (χ4n) is 2.49. The highest BCUT2D eigenvalue weighted by atomic mass is 32.2. The van der Waals surface area contributed by atoms with Crippen molar-refractivity contribution in [3.05, 3.63) is 0 Å². The number of nitrogens with zero attached hydrogens (tertiary/aromatic N) is 4. The molecule has 0 amide bonds. The molecule has 0 saturated heterocycles. The summed E-state index contributed by atoms with van der Waals surface area (Å²) in [6, 6.07) is 0. The molecule has 2 saturated carbocycles. The maximum absolute atomic E-state index is 10.7. The van der Waals surface area contributed by atoms with Gasteiger partial charge in [-0.3, -0.25) is 9.36 Å². The van der Waals surface area contributed by atoms with Crippen molar-refractivity contribution in [1.82, 2.24) is 14.8 Å². The Balaban J connectivity index is 1.74. The Morgan fingerprint density at radius 1 is 1.29 bits per heavy atom. The van der Waals surface area contributed by atoms with Gasteiger partial charge in [0, 0.05) is 19.6 Å². The number of carbonyl (C=O) groups is 1. The minimum absolute atomic E-state index is 0.0311. The van der Waals surface area contributed by atoms with Gasteiger partial charge in [-0.05, 0) is 44.4 Å². The van der Waals surface area contributed by atoms with Crippen molar-refractivity contribution in [1.29, 1.82) is 0 Å². The SMILES string of the molecule is CCn1c(SCC(=O)O)nnc1N(CC1CC1)CC1CC1. The van der Waals surface area contributed by atoms with Crippen LogP contribution in [0.2, 0.25) is 0 Å². The van der Waals surface area contributed by atoms with Gasteiger partial charge in [-0.15, -0.1) is 10.2 Å². The van der Waals surface area contributed by atoms with Crippen LogP contribution in [0.4, 0.5) is 5.95 Å². The molecule has 2 aliphatic carbocycles. The van der Waals surface area contributed by atoms with Gasteiger partial charge in [0.2, 0.25) is 5.95 Å². The maximum atomic E-state index is 10.7. The number of anilines is 1. The van der Waals surface area contributed by atoms with Crippen LogP contribution in [0.1, 0.15) is 32.6 Å². The van der Waals surface area contributed by atoms with Gasteiger partial charge in [-0.25, -0.2) is 0 Å². The molecule has 1 heterocycles. The van der Waals surface area contributed by atoms with Gasteiger partial charge in [0.15, 0.2) is 5.16 Å². The first-order valence-corrected chi connectivity index (χ1v) is 8.68. The summed E-state index contributed by atoms with van der Waals surface area (Å²) in [4.78, 5) is 13.1. The van der Waals surface area contributed by atoms with E-state index in [-0.39, 0.29) is 5.75 Å². The third kappa shape index (κ3) is 3.90. The molecule has 2 fully saturated rings. The van der Waals surface area contributed by atoms with Crippen LogP contribution in [0.15, 0.2) is 5.16 Å². The number of hydrogen-bond acceptors (Lipinski definition) is 5. The molecule has 1 aromatic heterocycles. The summed E-state index contributed by atoms with van der Waals surface area (Å²) in [6.45, 7) is 4.97. The van der Waals surface area contributed by atoms with Crippen molar-refractivity contribution in [2.45, 2.75) is 44.3 Å². The summed E-state index contributed by atoms with van der Waals surface area (Å²) in [5, 5.41) is 18.1. The van der Waals surface area contributed by atoms with Crippen LogP contribution in [0.5, 0.6) is 0 Å². The molecule has 21 heavy (non-hydrogen) atoms. The standard InChI is InChI=1S/C14H22N4O2S/c1-2-18-13(15-16-14(18)21-9-12(19)20)17(7-10-3-4-10)8-11-5-6-11/h10-11H,2-9H2,1H3,(H,19,20). The third-order valence-electron chi connectivity index (χ3n) is 3.97. The van der Waals surface area contributed by atoms with E-state index in [1.165, 1.54) is 37.4 Å². The first-order chi connectivity index (χ1) is 10.2. The fraction of sp³-hybridized carbons (Fsp3) is 0.786. The number of aromatic nitrogens is 3. The summed E-state index contributed by atoms with van der Waals surface area (Å²) < 4.78 is 2.05. The normalized spacial score (nSPS) is 18.0. The van der Waals surface area contributed by atoms with Crippen LogP contribution in [-0.4, -0.2) is 44.7 Å². The lowest BCUT2D eigenvalue weighted by molar-refractivity contribution is -0.133. The Morgan fingerprint density at radius 2 is 1.90 bits per heavy atom. The van der Waals surface area contributed by atoms with Gasteiger partial charge in [-0.2, -0.15) is 0 Å². The summed E-state index contributed by atoms with van der Waals surface area (Å²) in [6.07, 6.45) is 5.29.